The van der Waals surface area contributed by atoms with Gasteiger partial charge in [-0.2, -0.15) is 13.7 Å². The van der Waals surface area contributed by atoms with Gasteiger partial charge in [-0.15, -0.1) is 14.0 Å². The van der Waals surface area contributed by atoms with Crippen molar-refractivity contribution in [3.05, 3.63) is 209 Å². The molecule has 11 aromatic rings. The van der Waals surface area contributed by atoms with E-state index in [-0.39, 0.29) is 0 Å². The minimum Gasteiger partial charge on any atom is -0.455 e. The Morgan fingerprint density at radius 2 is 0.770 bits per heavy atom. The van der Waals surface area contributed by atoms with Crippen molar-refractivity contribution in [2.24, 2.45) is 21.1 Å². The Kier molecular flexibility index (Phi) is 14.4. The number of fused-ring (bicyclic) bond motifs is 3. The number of nitrogens with zero attached hydrogens (tertiary/aromatic N) is 9. The monoisotopic (exact) mass is 981 g/mol. The maximum atomic E-state index is 6.34. The van der Waals surface area contributed by atoms with Gasteiger partial charge in [0, 0.05) is 26.1 Å². The van der Waals surface area contributed by atoms with E-state index in [1.54, 1.807) is 0 Å². The van der Waals surface area contributed by atoms with Crippen LogP contribution in [0.25, 0.3) is 73.2 Å². The van der Waals surface area contributed by atoms with Crippen LogP contribution < -0.4 is 13.7 Å². The van der Waals surface area contributed by atoms with Crippen LogP contribution in [-0.4, -0.2) is 29.3 Å². The summed E-state index contributed by atoms with van der Waals surface area (Å²) < 4.78 is 18.8. The molecule has 4 heterocycles. The predicted octanol–water partition coefficient (Wildman–Crippen LogP) is 13.4. The fraction of sp³-hybridized carbons (Fsp3) is 0.250. The summed E-state index contributed by atoms with van der Waals surface area (Å²) in [5.74, 6) is 4.13. The number of para-hydroxylation sites is 4. The normalized spacial score (nSPS) is 11.4. The smallest absolute Gasteiger partial charge is 0.276 e. The van der Waals surface area contributed by atoms with E-state index >= 15 is 0 Å². The summed E-state index contributed by atoms with van der Waals surface area (Å²) in [4.78, 5) is 0. The summed E-state index contributed by atoms with van der Waals surface area (Å²) in [6, 6.07) is 48.9. The molecule has 7 aromatic carbocycles. The number of hydrogen-bond acceptors (Lipinski definition) is 4. The average Bonchev–Trinajstić information content (AvgIpc) is 4.16. The molecule has 74 heavy (non-hydrogen) atoms. The topological polar surface area (TPSA) is 78.2 Å². The molecule has 0 saturated carbocycles. The molecule has 0 saturated heterocycles. The van der Waals surface area contributed by atoms with E-state index in [0.717, 1.165) is 56.2 Å². The van der Waals surface area contributed by atoms with E-state index in [4.69, 9.17) is 4.42 Å². The van der Waals surface area contributed by atoms with Gasteiger partial charge >= 0.3 is 0 Å². The van der Waals surface area contributed by atoms with Crippen LogP contribution in [0.3, 0.4) is 0 Å². The number of furan rings is 1. The second kappa shape index (κ2) is 21.1. The van der Waals surface area contributed by atoms with Crippen LogP contribution in [0.5, 0.6) is 0 Å². The molecule has 0 aliphatic heterocycles. The lowest BCUT2D eigenvalue weighted by Crippen LogP contribution is -2.35. The Bertz CT molecular complexity index is 3760. The zero-order valence-corrected chi connectivity index (χ0v) is 45.6. The summed E-state index contributed by atoms with van der Waals surface area (Å²) in [6.45, 7) is 24.0. The van der Waals surface area contributed by atoms with Gasteiger partial charge in [0.05, 0.1) is 37.8 Å². The van der Waals surface area contributed by atoms with Crippen LogP contribution in [0.15, 0.2) is 163 Å². The third-order valence-electron chi connectivity index (χ3n) is 14.3. The maximum absolute atomic E-state index is 6.34. The van der Waals surface area contributed by atoms with E-state index in [0.29, 0.717) is 11.8 Å². The highest BCUT2D eigenvalue weighted by Gasteiger charge is 2.29. The van der Waals surface area contributed by atoms with Gasteiger partial charge in [-0.25, -0.2) is 0 Å². The van der Waals surface area contributed by atoms with Crippen LogP contribution in [0, 0.1) is 48.5 Å². The quantitative estimate of drug-likeness (QED) is 0.142. The van der Waals surface area contributed by atoms with Crippen molar-refractivity contribution in [2.45, 2.75) is 88.0 Å². The van der Waals surface area contributed by atoms with E-state index in [1.807, 2.05) is 66.3 Å². The van der Waals surface area contributed by atoms with Crippen LogP contribution in [0.1, 0.15) is 89.6 Å². The van der Waals surface area contributed by atoms with Crippen molar-refractivity contribution in [2.75, 3.05) is 0 Å². The van der Waals surface area contributed by atoms with E-state index in [2.05, 4.69) is 233 Å². The average molecular weight is 981 g/mol. The highest BCUT2D eigenvalue weighted by molar-refractivity contribution is 6.09. The van der Waals surface area contributed by atoms with Crippen LogP contribution in [0.2, 0.25) is 0 Å². The molecule has 4 aromatic heterocycles. The summed E-state index contributed by atoms with van der Waals surface area (Å²) >= 11 is 0. The van der Waals surface area contributed by atoms with Crippen molar-refractivity contribution in [3.8, 4) is 51.2 Å². The summed E-state index contributed by atoms with van der Waals surface area (Å²) in [6.07, 6.45) is 5.75. The number of rotatable bonds is 8. The summed E-state index contributed by atoms with van der Waals surface area (Å²) in [7, 11) is 6.00. The van der Waals surface area contributed by atoms with Gasteiger partial charge in [0.1, 0.15) is 28.2 Å². The zero-order valence-electron chi connectivity index (χ0n) is 45.6. The number of aromatic nitrogens is 9. The van der Waals surface area contributed by atoms with Crippen LogP contribution >= 0.6 is 0 Å². The van der Waals surface area contributed by atoms with Crippen molar-refractivity contribution < 1.29 is 18.1 Å². The van der Waals surface area contributed by atoms with Crippen molar-refractivity contribution in [1.82, 2.24) is 29.3 Å². The van der Waals surface area contributed by atoms with Crippen LogP contribution in [0.4, 0.5) is 0 Å². The molecule has 0 fully saturated rings. The summed E-state index contributed by atoms with van der Waals surface area (Å²) in [5.41, 5.74) is 20.3. The highest BCUT2D eigenvalue weighted by Crippen LogP contribution is 2.37. The molecule has 11 rings (SSSR count). The highest BCUT2D eigenvalue weighted by atomic mass is 16.3. The fourth-order valence-corrected chi connectivity index (χ4v) is 10.5. The first-order valence-electron chi connectivity index (χ1n) is 25.7. The van der Waals surface area contributed by atoms with Gasteiger partial charge in [0.15, 0.2) is 0 Å². The maximum Gasteiger partial charge on any atom is 0.276 e. The molecule has 0 amide bonds. The molecule has 0 aliphatic carbocycles. The molecule has 0 radical (unpaired) electrons. The molecule has 0 N–H and O–H groups in total. The third kappa shape index (κ3) is 9.48. The SMILES string of the molecule is Cc1cccc(C)c1-[n+]1cnn(C)c1-c1c(C)ccc2c1oc1ccccc12.Cc1ccccc1-c1n(C)nc[n+]1-c1c(C(C)C)cccc1C(C)C.Cc1ccccc1-c1n(C)nc[n+]1-c1c(C)cccc1C. The predicted molar refractivity (Wildman–Crippen MR) is 299 cm³/mol. The molecule has 10 heteroatoms. The lowest BCUT2D eigenvalue weighted by atomic mass is 9.92. The van der Waals surface area contributed by atoms with Gasteiger partial charge < -0.3 is 4.42 Å². The van der Waals surface area contributed by atoms with Gasteiger partial charge in [0.25, 0.3) is 36.5 Å². The molecule has 0 aliphatic rings. The fourth-order valence-electron chi connectivity index (χ4n) is 10.5. The molecule has 0 bridgehead atoms. The van der Waals surface area contributed by atoms with Gasteiger partial charge in [0.2, 0.25) is 0 Å². The largest absolute Gasteiger partial charge is 0.455 e. The summed E-state index contributed by atoms with van der Waals surface area (Å²) in [5, 5.41) is 15.9. The Balaban J connectivity index is 0.000000138. The van der Waals surface area contributed by atoms with Crippen molar-refractivity contribution >= 4 is 21.9 Å². The van der Waals surface area contributed by atoms with E-state index < -0.39 is 0 Å². The first kappa shape index (κ1) is 50.7. The first-order valence-corrected chi connectivity index (χ1v) is 25.7. The van der Waals surface area contributed by atoms with Crippen molar-refractivity contribution in [1.29, 1.82) is 0 Å². The molecule has 0 atom stereocenters. The third-order valence-corrected chi connectivity index (χ3v) is 14.3. The lowest BCUT2D eigenvalue weighted by Gasteiger charge is -2.18. The molecular weight excluding hydrogens is 911 g/mol. The second-order valence-corrected chi connectivity index (χ2v) is 20.3. The molecule has 0 unspecified atom stereocenters. The zero-order chi connectivity index (χ0) is 52.5. The Labute approximate surface area is 436 Å². The minimum absolute atomic E-state index is 0.450. The van der Waals surface area contributed by atoms with E-state index in [1.165, 1.54) is 67.0 Å². The van der Waals surface area contributed by atoms with E-state index in [9.17, 15) is 0 Å². The molecule has 374 valence electrons. The minimum atomic E-state index is 0.450. The first-order chi connectivity index (χ1) is 35.6. The van der Waals surface area contributed by atoms with Gasteiger partial charge in [-0.05, 0) is 129 Å². The molecular formula is C64H70N9O+3. The Morgan fingerprint density at radius 1 is 0.378 bits per heavy atom. The van der Waals surface area contributed by atoms with Gasteiger partial charge in [-0.1, -0.05) is 149 Å². The van der Waals surface area contributed by atoms with Crippen LogP contribution in [-0.2, 0) is 21.1 Å². The lowest BCUT2D eigenvalue weighted by molar-refractivity contribution is -0.586. The van der Waals surface area contributed by atoms with Crippen molar-refractivity contribution in [3.63, 3.8) is 0 Å². The second-order valence-electron chi connectivity index (χ2n) is 20.3. The Hall–Kier alpha value is -8.24. The number of benzene rings is 7. The standard InChI is InChI=1S/C24H22N3O.C22H28N3.C18H20N3/c1-15-12-13-19-18-10-5-6-11-20(18)28-23(19)21(15)24-26(4)25-14-27(24)22-16(2)8-7-9-17(22)3;1-15(2)18-12-9-13-19(16(3)4)21(18)25-14-23-24(6)22(25)20-11-8-7-10-17(20)5;1-13-8-5-6-11-16(13)18-20(4)19-12-21(18)17-14(2)9-7-10-15(17)3/h5-14H,1-4H3;7-16H,1-6H3;5-12H,1-4H3/q3*+1. The van der Waals surface area contributed by atoms with Gasteiger partial charge in [-0.3, -0.25) is 0 Å². The Morgan fingerprint density at radius 3 is 1.24 bits per heavy atom. The number of hydrogen-bond donors (Lipinski definition) is 0. The molecule has 10 nitrogen and oxygen atoms in total. The molecule has 0 spiro atoms. The number of aryl methyl sites for hydroxylation is 10.